The molecule has 0 spiro atoms. The van der Waals surface area contributed by atoms with Crippen molar-refractivity contribution in [3.8, 4) is 11.5 Å². The molecule has 0 saturated heterocycles. The number of hydrogen-bond donors (Lipinski definition) is 1. The lowest BCUT2D eigenvalue weighted by Gasteiger charge is -2.14. The number of benzene rings is 2. The van der Waals surface area contributed by atoms with E-state index in [1.165, 1.54) is 12.1 Å². The van der Waals surface area contributed by atoms with Crippen LogP contribution in [0.3, 0.4) is 0 Å². The molecule has 4 heteroatoms. The second kappa shape index (κ2) is 5.51. The number of rotatable bonds is 4. The molecule has 0 saturated carbocycles. The number of hydrogen-bond acceptors (Lipinski definition) is 3. The maximum Gasteiger partial charge on any atom is 0.231 e. The molecule has 3 nitrogen and oxygen atoms in total. The number of fused-ring (bicyclic) bond motifs is 1. The van der Waals surface area contributed by atoms with E-state index in [2.05, 4.69) is 12.2 Å². The van der Waals surface area contributed by atoms with E-state index < -0.39 is 0 Å². The lowest BCUT2D eigenvalue weighted by Crippen LogP contribution is -2.18. The van der Waals surface area contributed by atoms with E-state index in [4.69, 9.17) is 9.47 Å². The first kappa shape index (κ1) is 12.9. The monoisotopic (exact) mass is 273 g/mol. The molecule has 0 fully saturated rings. The Morgan fingerprint density at radius 1 is 1.10 bits per heavy atom. The highest BCUT2D eigenvalue weighted by atomic mass is 19.1. The van der Waals surface area contributed by atoms with Gasteiger partial charge in [0.2, 0.25) is 6.79 Å². The molecular formula is C16H16FNO2. The van der Waals surface area contributed by atoms with Gasteiger partial charge in [0.1, 0.15) is 5.82 Å². The highest BCUT2D eigenvalue weighted by Crippen LogP contribution is 2.32. The van der Waals surface area contributed by atoms with Gasteiger partial charge < -0.3 is 14.8 Å². The minimum Gasteiger partial charge on any atom is -0.454 e. The Kier molecular flexibility index (Phi) is 3.56. The van der Waals surface area contributed by atoms with Crippen LogP contribution in [0.4, 0.5) is 4.39 Å². The first-order chi connectivity index (χ1) is 9.72. The minimum atomic E-state index is -0.211. The SMILES string of the molecule is C[C@H](NCc1ccc2c(c1)OCO2)c1ccc(F)cc1. The van der Waals surface area contributed by atoms with Crippen LogP contribution in [-0.4, -0.2) is 6.79 Å². The normalized spacial score (nSPS) is 14.3. The van der Waals surface area contributed by atoms with Crippen LogP contribution in [0.15, 0.2) is 42.5 Å². The zero-order chi connectivity index (χ0) is 13.9. The summed E-state index contributed by atoms with van der Waals surface area (Å²) in [5.41, 5.74) is 2.19. The van der Waals surface area contributed by atoms with Crippen LogP contribution < -0.4 is 14.8 Å². The van der Waals surface area contributed by atoms with Crippen LogP contribution >= 0.6 is 0 Å². The second-order valence-electron chi connectivity index (χ2n) is 4.84. The van der Waals surface area contributed by atoms with Crippen molar-refractivity contribution >= 4 is 0 Å². The van der Waals surface area contributed by atoms with Crippen molar-refractivity contribution in [3.05, 3.63) is 59.4 Å². The predicted molar refractivity (Wildman–Crippen MR) is 74.2 cm³/mol. The van der Waals surface area contributed by atoms with Gasteiger partial charge in [0.05, 0.1) is 0 Å². The Hall–Kier alpha value is -2.07. The summed E-state index contributed by atoms with van der Waals surface area (Å²) >= 11 is 0. The summed E-state index contributed by atoms with van der Waals surface area (Å²) in [5, 5.41) is 3.41. The predicted octanol–water partition coefficient (Wildman–Crippen LogP) is 3.41. The smallest absolute Gasteiger partial charge is 0.231 e. The third kappa shape index (κ3) is 2.75. The van der Waals surface area contributed by atoms with E-state index in [0.29, 0.717) is 0 Å². The molecule has 0 radical (unpaired) electrons. The maximum absolute atomic E-state index is 12.9. The summed E-state index contributed by atoms with van der Waals surface area (Å²) in [6, 6.07) is 12.6. The fraction of sp³-hybridized carbons (Fsp3) is 0.250. The van der Waals surface area contributed by atoms with E-state index in [1.807, 2.05) is 18.2 Å². The Bertz CT molecular complexity index is 598. The lowest BCUT2D eigenvalue weighted by atomic mass is 10.1. The molecule has 104 valence electrons. The zero-order valence-electron chi connectivity index (χ0n) is 11.2. The highest BCUT2D eigenvalue weighted by Gasteiger charge is 2.13. The van der Waals surface area contributed by atoms with Crippen molar-refractivity contribution in [2.75, 3.05) is 6.79 Å². The van der Waals surface area contributed by atoms with Crippen molar-refractivity contribution in [2.24, 2.45) is 0 Å². The molecule has 0 unspecified atom stereocenters. The van der Waals surface area contributed by atoms with Crippen LogP contribution in [-0.2, 0) is 6.54 Å². The van der Waals surface area contributed by atoms with Gasteiger partial charge in [-0.15, -0.1) is 0 Å². The molecule has 2 aromatic rings. The summed E-state index contributed by atoms with van der Waals surface area (Å²) in [4.78, 5) is 0. The standard InChI is InChI=1S/C16H16FNO2/c1-11(13-3-5-14(17)6-4-13)18-9-12-2-7-15-16(8-12)20-10-19-15/h2-8,11,18H,9-10H2,1H3/t11-/m0/s1. The van der Waals surface area contributed by atoms with E-state index in [-0.39, 0.29) is 18.7 Å². The van der Waals surface area contributed by atoms with Crippen molar-refractivity contribution in [3.63, 3.8) is 0 Å². The van der Waals surface area contributed by atoms with Gasteiger partial charge in [-0.05, 0) is 42.3 Å². The summed E-state index contributed by atoms with van der Waals surface area (Å²) < 4.78 is 23.5. The Labute approximate surface area is 117 Å². The molecule has 1 heterocycles. The third-order valence-corrected chi connectivity index (χ3v) is 3.42. The van der Waals surface area contributed by atoms with Gasteiger partial charge in [-0.1, -0.05) is 18.2 Å². The lowest BCUT2D eigenvalue weighted by molar-refractivity contribution is 0.174. The van der Waals surface area contributed by atoms with Gasteiger partial charge in [0, 0.05) is 12.6 Å². The van der Waals surface area contributed by atoms with Gasteiger partial charge in [-0.25, -0.2) is 4.39 Å². The quantitative estimate of drug-likeness (QED) is 0.926. The third-order valence-electron chi connectivity index (χ3n) is 3.42. The Balaban J connectivity index is 1.63. The van der Waals surface area contributed by atoms with Crippen molar-refractivity contribution in [2.45, 2.75) is 19.5 Å². The van der Waals surface area contributed by atoms with E-state index >= 15 is 0 Å². The first-order valence-electron chi connectivity index (χ1n) is 6.60. The van der Waals surface area contributed by atoms with Gasteiger partial charge >= 0.3 is 0 Å². The summed E-state index contributed by atoms with van der Waals surface area (Å²) in [6.45, 7) is 3.06. The molecule has 0 aliphatic carbocycles. The fourth-order valence-electron chi connectivity index (χ4n) is 2.19. The number of ether oxygens (including phenoxy) is 2. The van der Waals surface area contributed by atoms with Gasteiger partial charge in [-0.2, -0.15) is 0 Å². The zero-order valence-corrected chi connectivity index (χ0v) is 11.2. The van der Waals surface area contributed by atoms with Crippen LogP contribution in [0.2, 0.25) is 0 Å². The number of halogens is 1. The fourth-order valence-corrected chi connectivity index (χ4v) is 2.19. The van der Waals surface area contributed by atoms with Crippen LogP contribution in [0.25, 0.3) is 0 Å². The maximum atomic E-state index is 12.9. The molecule has 20 heavy (non-hydrogen) atoms. The number of nitrogens with one attached hydrogen (secondary N) is 1. The highest BCUT2D eigenvalue weighted by molar-refractivity contribution is 5.44. The minimum absolute atomic E-state index is 0.154. The van der Waals surface area contributed by atoms with Gasteiger partial charge in [0.25, 0.3) is 0 Å². The van der Waals surface area contributed by atoms with Crippen molar-refractivity contribution in [1.29, 1.82) is 0 Å². The summed E-state index contributed by atoms with van der Waals surface area (Å²) in [5.74, 6) is 1.37. The van der Waals surface area contributed by atoms with Crippen LogP contribution in [0, 0.1) is 5.82 Å². The van der Waals surface area contributed by atoms with E-state index in [9.17, 15) is 4.39 Å². The second-order valence-corrected chi connectivity index (χ2v) is 4.84. The molecular weight excluding hydrogens is 257 g/mol. The molecule has 0 amide bonds. The Morgan fingerprint density at radius 3 is 2.65 bits per heavy atom. The molecule has 1 aliphatic heterocycles. The summed E-state index contributed by atoms with van der Waals surface area (Å²) in [6.07, 6.45) is 0. The van der Waals surface area contributed by atoms with E-state index in [1.54, 1.807) is 12.1 Å². The van der Waals surface area contributed by atoms with Gasteiger partial charge in [-0.3, -0.25) is 0 Å². The molecule has 0 bridgehead atoms. The van der Waals surface area contributed by atoms with Crippen LogP contribution in [0.5, 0.6) is 11.5 Å². The first-order valence-corrected chi connectivity index (χ1v) is 6.60. The van der Waals surface area contributed by atoms with Gasteiger partial charge in [0.15, 0.2) is 11.5 Å². The summed E-state index contributed by atoms with van der Waals surface area (Å²) in [7, 11) is 0. The topological polar surface area (TPSA) is 30.5 Å². The molecule has 1 N–H and O–H groups in total. The molecule has 2 aromatic carbocycles. The molecule has 1 aliphatic rings. The molecule has 3 rings (SSSR count). The Morgan fingerprint density at radius 2 is 1.85 bits per heavy atom. The molecule has 0 aromatic heterocycles. The average molecular weight is 273 g/mol. The van der Waals surface area contributed by atoms with Crippen molar-refractivity contribution < 1.29 is 13.9 Å². The average Bonchev–Trinajstić information content (AvgIpc) is 2.93. The van der Waals surface area contributed by atoms with E-state index in [0.717, 1.165) is 29.2 Å². The van der Waals surface area contributed by atoms with Crippen LogP contribution in [0.1, 0.15) is 24.1 Å². The van der Waals surface area contributed by atoms with Crippen molar-refractivity contribution in [1.82, 2.24) is 5.32 Å². The molecule has 1 atom stereocenters. The largest absolute Gasteiger partial charge is 0.454 e.